The van der Waals surface area contributed by atoms with Gasteiger partial charge in [0.1, 0.15) is 11.5 Å². The fraction of sp³-hybridized carbons (Fsp3) is 0.400. The number of hydrogen-bond donors (Lipinski definition) is 1. The molecule has 2 aromatic heterocycles. The molecule has 5 rings (SSSR count). The Morgan fingerprint density at radius 1 is 1.22 bits per heavy atom. The third-order valence-electron chi connectivity index (χ3n) is 5.42. The molecule has 0 spiro atoms. The molecule has 3 heterocycles. The summed E-state index contributed by atoms with van der Waals surface area (Å²) >= 11 is 0. The molecule has 0 unspecified atom stereocenters. The molecule has 0 radical (unpaired) electrons. The molecule has 27 heavy (non-hydrogen) atoms. The van der Waals surface area contributed by atoms with Gasteiger partial charge in [-0.3, -0.25) is 9.89 Å². The Kier molecular flexibility index (Phi) is 3.81. The molecule has 0 saturated heterocycles. The molecule has 2 aliphatic rings. The Hall–Kier alpha value is -2.96. The van der Waals surface area contributed by atoms with Gasteiger partial charge in [0.2, 0.25) is 0 Å². The fourth-order valence-electron chi connectivity index (χ4n) is 3.88. The van der Waals surface area contributed by atoms with Crippen molar-refractivity contribution in [3.05, 3.63) is 65.0 Å². The lowest BCUT2D eigenvalue weighted by atomic mass is 10.1. The van der Waals surface area contributed by atoms with Crippen molar-refractivity contribution < 1.29 is 4.79 Å². The fourth-order valence-corrected chi connectivity index (χ4v) is 3.88. The summed E-state index contributed by atoms with van der Waals surface area (Å²) in [6, 6.07) is 12.3. The minimum Gasteiger partial charge on any atom is -0.328 e. The van der Waals surface area contributed by atoms with Crippen molar-refractivity contribution in [3.63, 3.8) is 0 Å². The van der Waals surface area contributed by atoms with Crippen LogP contribution in [0, 0.1) is 0 Å². The number of benzene rings is 1. The number of aromatic amines is 1. The van der Waals surface area contributed by atoms with Gasteiger partial charge in [0.25, 0.3) is 5.91 Å². The lowest BCUT2D eigenvalue weighted by Gasteiger charge is -2.32. The quantitative estimate of drug-likeness (QED) is 0.774. The molecule has 138 valence electrons. The lowest BCUT2D eigenvalue weighted by Crippen LogP contribution is -2.41. The maximum Gasteiger partial charge on any atom is 0.274 e. The Labute approximate surface area is 157 Å². The molecule has 0 bridgehead atoms. The average Bonchev–Trinajstić information content (AvgIpc) is 3.27. The Morgan fingerprint density at radius 3 is 2.81 bits per heavy atom. The molecule has 1 aliphatic carbocycles. The number of rotatable bonds is 4. The second-order valence-corrected chi connectivity index (χ2v) is 7.58. The van der Waals surface area contributed by atoms with E-state index in [1.807, 2.05) is 29.2 Å². The highest BCUT2D eigenvalue weighted by Gasteiger charge is 2.32. The number of hydrogen-bond acceptors (Lipinski definition) is 4. The zero-order valence-corrected chi connectivity index (χ0v) is 15.3. The smallest absolute Gasteiger partial charge is 0.274 e. The second kappa shape index (κ2) is 6.33. The third kappa shape index (κ3) is 3.03. The van der Waals surface area contributed by atoms with E-state index in [1.54, 1.807) is 0 Å². The van der Waals surface area contributed by atoms with Crippen molar-refractivity contribution in [3.8, 4) is 0 Å². The van der Waals surface area contributed by atoms with Crippen LogP contribution in [-0.4, -0.2) is 42.3 Å². The number of aromatic nitrogens is 5. The summed E-state index contributed by atoms with van der Waals surface area (Å²) in [7, 11) is 0. The summed E-state index contributed by atoms with van der Waals surface area (Å²) in [6.07, 6.45) is 3.12. The molecule has 3 aromatic rings. The molecule has 1 amide bonds. The van der Waals surface area contributed by atoms with E-state index >= 15 is 0 Å². The van der Waals surface area contributed by atoms with Gasteiger partial charge in [-0.1, -0.05) is 30.3 Å². The number of nitrogens with one attached hydrogen (secondary N) is 1. The van der Waals surface area contributed by atoms with Crippen LogP contribution in [0.25, 0.3) is 0 Å². The topological polar surface area (TPSA) is 79.7 Å². The summed E-state index contributed by atoms with van der Waals surface area (Å²) in [5.41, 5.74) is 2.79. The molecule has 1 atom stereocenters. The second-order valence-electron chi connectivity index (χ2n) is 7.58. The predicted octanol–water partition coefficient (Wildman–Crippen LogP) is 2.69. The van der Waals surface area contributed by atoms with Gasteiger partial charge in [0.05, 0.1) is 12.6 Å². The van der Waals surface area contributed by atoms with Crippen molar-refractivity contribution in [2.24, 2.45) is 0 Å². The van der Waals surface area contributed by atoms with Crippen LogP contribution in [-0.2, 0) is 13.0 Å². The first-order chi connectivity index (χ1) is 13.2. The number of carbonyl (C=O) groups is 1. The van der Waals surface area contributed by atoms with Crippen LogP contribution in [0.15, 0.2) is 36.4 Å². The molecule has 1 N–H and O–H groups in total. The van der Waals surface area contributed by atoms with E-state index in [9.17, 15) is 4.79 Å². The minimum absolute atomic E-state index is 0.0381. The molecule has 1 saturated carbocycles. The summed E-state index contributed by atoms with van der Waals surface area (Å²) < 4.78 is 2.18. The summed E-state index contributed by atoms with van der Waals surface area (Å²) in [4.78, 5) is 14.7. The summed E-state index contributed by atoms with van der Waals surface area (Å²) in [5.74, 6) is 2.31. The first-order valence-electron chi connectivity index (χ1n) is 9.50. The predicted molar refractivity (Wildman–Crippen MR) is 99.3 cm³/mol. The van der Waals surface area contributed by atoms with Crippen LogP contribution in [0.4, 0.5) is 0 Å². The van der Waals surface area contributed by atoms with Crippen molar-refractivity contribution in [1.29, 1.82) is 0 Å². The van der Waals surface area contributed by atoms with Crippen LogP contribution in [0.3, 0.4) is 0 Å². The molecule has 1 aliphatic heterocycles. The van der Waals surface area contributed by atoms with Crippen molar-refractivity contribution in [2.45, 2.75) is 44.7 Å². The number of fused-ring (bicyclic) bond motifs is 1. The van der Waals surface area contributed by atoms with Gasteiger partial charge in [-0.25, -0.2) is 0 Å². The Balaban J connectivity index is 1.35. The molecular formula is C20H22N6O. The van der Waals surface area contributed by atoms with E-state index in [0.29, 0.717) is 24.7 Å². The number of H-pyrrole nitrogens is 1. The summed E-state index contributed by atoms with van der Waals surface area (Å²) in [5, 5.41) is 16.0. The van der Waals surface area contributed by atoms with Gasteiger partial charge in [-0.15, -0.1) is 10.2 Å². The van der Waals surface area contributed by atoms with E-state index in [2.05, 4.69) is 44.0 Å². The average molecular weight is 362 g/mol. The zero-order chi connectivity index (χ0) is 18.4. The van der Waals surface area contributed by atoms with Crippen molar-refractivity contribution in [1.82, 2.24) is 29.9 Å². The highest BCUT2D eigenvalue weighted by molar-refractivity contribution is 5.92. The van der Waals surface area contributed by atoms with Crippen LogP contribution in [0.1, 0.15) is 65.1 Å². The highest BCUT2D eigenvalue weighted by atomic mass is 16.2. The maximum absolute atomic E-state index is 12.9. The molecule has 7 nitrogen and oxygen atoms in total. The first kappa shape index (κ1) is 16.2. The lowest BCUT2D eigenvalue weighted by molar-refractivity contribution is 0.0673. The van der Waals surface area contributed by atoms with E-state index in [1.165, 1.54) is 18.4 Å². The third-order valence-corrected chi connectivity index (χ3v) is 5.42. The number of carbonyl (C=O) groups excluding carboxylic acids is 1. The van der Waals surface area contributed by atoms with Crippen LogP contribution in [0.5, 0.6) is 0 Å². The molecule has 7 heteroatoms. The standard InChI is InChI=1S/C20H22N6O/c1-13-11-25(20(27)17-10-16(21-22-17)15-7-8-15)12-19-24-23-18(26(13)19)9-14-5-3-2-4-6-14/h2-6,10,13,15H,7-9,11-12H2,1H3,(H,21,22)/t13-/m0/s1. The van der Waals surface area contributed by atoms with Crippen molar-refractivity contribution in [2.75, 3.05) is 6.54 Å². The monoisotopic (exact) mass is 362 g/mol. The minimum atomic E-state index is -0.0381. The Bertz CT molecular complexity index is 972. The molecule has 1 aromatic carbocycles. The van der Waals surface area contributed by atoms with E-state index in [-0.39, 0.29) is 11.9 Å². The summed E-state index contributed by atoms with van der Waals surface area (Å²) in [6.45, 7) is 3.22. The number of amides is 1. The SMILES string of the molecule is C[C@H]1CN(C(=O)c2cc(C3CC3)[nH]n2)Cc2nnc(Cc3ccccc3)n21. The van der Waals surface area contributed by atoms with E-state index in [4.69, 9.17) is 0 Å². The Morgan fingerprint density at radius 2 is 2.04 bits per heavy atom. The van der Waals surface area contributed by atoms with Gasteiger partial charge >= 0.3 is 0 Å². The molecule has 1 fully saturated rings. The van der Waals surface area contributed by atoms with E-state index in [0.717, 1.165) is 23.8 Å². The largest absolute Gasteiger partial charge is 0.328 e. The zero-order valence-electron chi connectivity index (χ0n) is 15.3. The molecular weight excluding hydrogens is 340 g/mol. The van der Waals surface area contributed by atoms with Crippen LogP contribution >= 0.6 is 0 Å². The van der Waals surface area contributed by atoms with Crippen LogP contribution in [0.2, 0.25) is 0 Å². The highest BCUT2D eigenvalue weighted by Crippen LogP contribution is 2.39. The number of nitrogens with zero attached hydrogens (tertiary/aromatic N) is 5. The van der Waals surface area contributed by atoms with E-state index < -0.39 is 0 Å². The van der Waals surface area contributed by atoms with Crippen molar-refractivity contribution >= 4 is 5.91 Å². The van der Waals surface area contributed by atoms with Gasteiger partial charge in [-0.05, 0) is 31.4 Å². The van der Waals surface area contributed by atoms with Gasteiger partial charge in [0, 0.05) is 24.6 Å². The first-order valence-corrected chi connectivity index (χ1v) is 9.50. The normalized spacial score (nSPS) is 19.1. The van der Waals surface area contributed by atoms with Crippen LogP contribution < -0.4 is 0 Å². The van der Waals surface area contributed by atoms with Gasteiger partial charge in [-0.2, -0.15) is 5.10 Å². The maximum atomic E-state index is 12.9. The van der Waals surface area contributed by atoms with Gasteiger partial charge < -0.3 is 9.47 Å². The van der Waals surface area contributed by atoms with Gasteiger partial charge in [0.15, 0.2) is 5.82 Å².